The predicted octanol–water partition coefficient (Wildman–Crippen LogP) is 8.69. The monoisotopic (exact) mass is 910 g/mol. The van der Waals surface area contributed by atoms with Crippen molar-refractivity contribution in [2.75, 3.05) is 25.2 Å². The van der Waals surface area contributed by atoms with E-state index in [0.717, 1.165) is 33.4 Å². The van der Waals surface area contributed by atoms with Gasteiger partial charge in [0, 0.05) is 36.7 Å². The first-order valence-electron chi connectivity index (χ1n) is 21.4. The van der Waals surface area contributed by atoms with Crippen molar-refractivity contribution in [1.82, 2.24) is 10.2 Å². The van der Waals surface area contributed by atoms with Crippen molar-refractivity contribution in [3.05, 3.63) is 120 Å². The normalized spacial score (nSPS) is 14.1. The summed E-state index contributed by atoms with van der Waals surface area (Å²) < 4.78 is 15.2. The summed E-state index contributed by atoms with van der Waals surface area (Å²) in [6.07, 6.45) is 2.49. The Morgan fingerprint density at radius 1 is 0.613 bits per heavy atom. The zero-order valence-corrected chi connectivity index (χ0v) is 37.8. The molecule has 5 rings (SSSR count). The number of amides is 3. The standard InChI is InChI=1S/C26H32BrNO5.C24H27NO4/c1-3-32-26(31)19(2)17-23(28-24(29)13-14-25(30)33-16-15-27)18-20-9-11-22(12-10-20)21-7-5-4-6-8-21;1-3-29-24(28)17(2)15-21(25-22(26)13-14-23(25)27)16-18-9-11-20(12-10-18)19-7-5-4-6-8-19/h4-12,19,23H,3,13-18H2,1-2H3,(H,28,29);4-12,17,21H,3,13-16H2,1-2H3/t19-,23?;17-,21?/m11/s1. The van der Waals surface area contributed by atoms with Gasteiger partial charge < -0.3 is 19.5 Å². The van der Waals surface area contributed by atoms with Crippen LogP contribution in [0, 0.1) is 11.8 Å². The number of imide groups is 1. The van der Waals surface area contributed by atoms with Gasteiger partial charge in [-0.05, 0) is 72.9 Å². The maximum absolute atomic E-state index is 12.5. The molecule has 1 fully saturated rings. The topological polar surface area (TPSA) is 145 Å². The van der Waals surface area contributed by atoms with E-state index in [0.29, 0.717) is 44.2 Å². The minimum atomic E-state index is -0.405. The van der Waals surface area contributed by atoms with Gasteiger partial charge in [-0.25, -0.2) is 0 Å². The second kappa shape index (κ2) is 26.0. The fourth-order valence-corrected chi connectivity index (χ4v) is 7.46. The summed E-state index contributed by atoms with van der Waals surface area (Å²) in [5.74, 6) is -2.28. The van der Waals surface area contributed by atoms with E-state index in [-0.39, 0.29) is 85.9 Å². The van der Waals surface area contributed by atoms with E-state index in [1.807, 2.05) is 72.8 Å². The lowest BCUT2D eigenvalue weighted by Gasteiger charge is -2.28. The smallest absolute Gasteiger partial charge is 0.308 e. The number of hydrogen-bond donors (Lipinski definition) is 1. The fourth-order valence-electron chi connectivity index (χ4n) is 7.30. The first-order valence-corrected chi connectivity index (χ1v) is 22.5. The number of carbonyl (C=O) groups excluding carboxylic acids is 6. The van der Waals surface area contributed by atoms with Crippen LogP contribution in [0.1, 0.15) is 77.3 Å². The van der Waals surface area contributed by atoms with Gasteiger partial charge in [0.05, 0.1) is 31.5 Å². The number of carbonyl (C=O) groups is 6. The fraction of sp³-hybridized carbons (Fsp3) is 0.400. The number of likely N-dealkylation sites (tertiary alicyclic amines) is 1. The van der Waals surface area contributed by atoms with Crippen molar-refractivity contribution in [2.45, 2.75) is 91.1 Å². The molecule has 0 saturated carbocycles. The summed E-state index contributed by atoms with van der Waals surface area (Å²) in [6.45, 7) is 8.03. The van der Waals surface area contributed by atoms with Crippen molar-refractivity contribution >= 4 is 51.6 Å². The number of ether oxygens (including phenoxy) is 3. The Kier molecular flexibility index (Phi) is 20.6. The molecule has 330 valence electrons. The van der Waals surface area contributed by atoms with Crippen LogP contribution in [-0.4, -0.2) is 77.8 Å². The van der Waals surface area contributed by atoms with Crippen LogP contribution in [0.25, 0.3) is 22.3 Å². The highest BCUT2D eigenvalue weighted by molar-refractivity contribution is 9.09. The SMILES string of the molecule is CCOC(=O)[C@H](C)CC(Cc1ccc(-c2ccccc2)cc1)N1C(=O)CCC1=O.CCOC(=O)[C@H](C)CC(Cc1ccc(-c2ccccc2)cc1)NC(=O)CCC(=O)OCCBr. The molecule has 4 aromatic carbocycles. The summed E-state index contributed by atoms with van der Waals surface area (Å²) in [4.78, 5) is 74.4. The Hall–Kier alpha value is -5.62. The van der Waals surface area contributed by atoms with E-state index in [2.05, 4.69) is 57.6 Å². The zero-order valence-electron chi connectivity index (χ0n) is 36.2. The summed E-state index contributed by atoms with van der Waals surface area (Å²) in [7, 11) is 0. The van der Waals surface area contributed by atoms with Gasteiger partial charge >= 0.3 is 17.9 Å². The molecular weight excluding hydrogens is 852 g/mol. The molecule has 0 bridgehead atoms. The summed E-state index contributed by atoms with van der Waals surface area (Å²) in [6, 6.07) is 35.9. The largest absolute Gasteiger partial charge is 0.466 e. The summed E-state index contributed by atoms with van der Waals surface area (Å²) in [5, 5.41) is 3.54. The molecule has 4 atom stereocenters. The van der Waals surface area contributed by atoms with Crippen molar-refractivity contribution in [1.29, 1.82) is 0 Å². The first kappa shape index (κ1) is 49.0. The van der Waals surface area contributed by atoms with Crippen LogP contribution in [0.4, 0.5) is 0 Å². The third-order valence-corrected chi connectivity index (χ3v) is 10.8. The van der Waals surface area contributed by atoms with Crippen molar-refractivity contribution in [3.8, 4) is 22.3 Å². The molecular formula is C50H59BrN2O9. The quantitative estimate of drug-likeness (QED) is 0.0376. The second-order valence-electron chi connectivity index (χ2n) is 15.3. The predicted molar refractivity (Wildman–Crippen MR) is 243 cm³/mol. The molecule has 0 radical (unpaired) electrons. The van der Waals surface area contributed by atoms with Crippen LogP contribution in [-0.2, 0) is 55.8 Å². The van der Waals surface area contributed by atoms with Gasteiger partial charge in [0.1, 0.15) is 6.61 Å². The van der Waals surface area contributed by atoms with Crippen LogP contribution in [0.15, 0.2) is 109 Å². The average Bonchev–Trinajstić information content (AvgIpc) is 3.62. The molecule has 1 aliphatic rings. The maximum atomic E-state index is 12.5. The Morgan fingerprint density at radius 2 is 1.06 bits per heavy atom. The lowest BCUT2D eigenvalue weighted by molar-refractivity contribution is -0.150. The number of esters is 3. The lowest BCUT2D eigenvalue weighted by atomic mass is 9.94. The number of halogens is 1. The molecule has 2 unspecified atom stereocenters. The van der Waals surface area contributed by atoms with Gasteiger partial charge in [-0.2, -0.15) is 0 Å². The first-order chi connectivity index (χ1) is 29.9. The van der Waals surface area contributed by atoms with Crippen molar-refractivity contribution in [2.24, 2.45) is 11.8 Å². The van der Waals surface area contributed by atoms with Gasteiger partial charge in [-0.15, -0.1) is 0 Å². The van der Waals surface area contributed by atoms with Gasteiger partial charge in [0.15, 0.2) is 0 Å². The van der Waals surface area contributed by atoms with Crippen molar-refractivity contribution < 1.29 is 43.0 Å². The van der Waals surface area contributed by atoms with E-state index in [9.17, 15) is 28.8 Å². The molecule has 1 aliphatic heterocycles. The molecule has 0 aliphatic carbocycles. The highest BCUT2D eigenvalue weighted by Gasteiger charge is 2.36. The molecule has 1 heterocycles. The maximum Gasteiger partial charge on any atom is 0.308 e. The molecule has 4 aromatic rings. The van der Waals surface area contributed by atoms with Gasteiger partial charge in [0.2, 0.25) is 17.7 Å². The van der Waals surface area contributed by atoms with Gasteiger partial charge in [-0.1, -0.05) is 139 Å². The molecule has 1 N–H and O–H groups in total. The van der Waals surface area contributed by atoms with E-state index in [1.54, 1.807) is 27.7 Å². The van der Waals surface area contributed by atoms with Gasteiger partial charge in [0.25, 0.3) is 0 Å². The molecule has 11 nitrogen and oxygen atoms in total. The average molecular weight is 912 g/mol. The number of nitrogens with zero attached hydrogens (tertiary/aromatic N) is 1. The minimum absolute atomic E-state index is 0.0186. The molecule has 0 aromatic heterocycles. The number of nitrogens with one attached hydrogen (secondary N) is 1. The van der Waals surface area contributed by atoms with E-state index < -0.39 is 5.97 Å². The second-order valence-corrected chi connectivity index (χ2v) is 16.1. The minimum Gasteiger partial charge on any atom is -0.466 e. The Labute approximate surface area is 374 Å². The number of benzene rings is 4. The van der Waals surface area contributed by atoms with E-state index >= 15 is 0 Å². The Morgan fingerprint density at radius 3 is 1.53 bits per heavy atom. The number of hydrogen-bond acceptors (Lipinski definition) is 9. The third kappa shape index (κ3) is 16.0. The van der Waals surface area contributed by atoms with E-state index in [4.69, 9.17) is 14.2 Å². The highest BCUT2D eigenvalue weighted by Crippen LogP contribution is 2.26. The molecule has 3 amide bonds. The summed E-state index contributed by atoms with van der Waals surface area (Å²) >= 11 is 3.19. The van der Waals surface area contributed by atoms with Crippen LogP contribution in [0.2, 0.25) is 0 Å². The van der Waals surface area contributed by atoms with Crippen LogP contribution in [0.3, 0.4) is 0 Å². The molecule has 0 spiro atoms. The molecule has 62 heavy (non-hydrogen) atoms. The van der Waals surface area contributed by atoms with Gasteiger partial charge in [-0.3, -0.25) is 33.7 Å². The third-order valence-electron chi connectivity index (χ3n) is 10.4. The Balaban J connectivity index is 0.000000275. The Bertz CT molecular complexity index is 2030. The lowest BCUT2D eigenvalue weighted by Crippen LogP contribution is -2.42. The van der Waals surface area contributed by atoms with Crippen LogP contribution >= 0.6 is 15.9 Å². The number of rotatable bonds is 21. The van der Waals surface area contributed by atoms with E-state index in [1.165, 1.54) is 4.90 Å². The molecule has 1 saturated heterocycles. The molecule has 12 heteroatoms. The highest BCUT2D eigenvalue weighted by atomic mass is 79.9. The van der Waals surface area contributed by atoms with Crippen LogP contribution in [0.5, 0.6) is 0 Å². The van der Waals surface area contributed by atoms with Crippen molar-refractivity contribution in [3.63, 3.8) is 0 Å². The number of alkyl halides is 1. The summed E-state index contributed by atoms with van der Waals surface area (Å²) in [5.41, 5.74) is 6.57. The zero-order chi connectivity index (χ0) is 44.9. The van der Waals surface area contributed by atoms with Crippen LogP contribution < -0.4 is 5.32 Å².